The van der Waals surface area contributed by atoms with E-state index in [-0.39, 0.29) is 5.69 Å². The van der Waals surface area contributed by atoms with Gasteiger partial charge in [0.25, 0.3) is 11.8 Å². The number of amides is 2. The molecule has 0 N–H and O–H groups in total. The molecule has 82 valence electrons. The Morgan fingerprint density at radius 2 is 1.88 bits per heavy atom. The smallest absolute Gasteiger partial charge is 0.261 e. The molecule has 16 heavy (non-hydrogen) atoms. The average Bonchev–Trinajstić information content (AvgIpc) is 2.46. The lowest BCUT2D eigenvalue weighted by Gasteiger charge is -2.15. The van der Waals surface area contributed by atoms with Crippen molar-refractivity contribution in [3.05, 3.63) is 41.2 Å². The molecule has 0 saturated heterocycles. The summed E-state index contributed by atoms with van der Waals surface area (Å²) in [5, 5.41) is 0. The molecule has 0 fully saturated rings. The van der Waals surface area contributed by atoms with Crippen molar-refractivity contribution in [3.63, 3.8) is 0 Å². The van der Waals surface area contributed by atoms with Gasteiger partial charge >= 0.3 is 0 Å². The Bertz CT molecular complexity index is 520. The number of carbonyl (C=O) groups is 2. The van der Waals surface area contributed by atoms with Crippen LogP contribution in [-0.4, -0.2) is 11.8 Å². The minimum absolute atomic E-state index is 0.0168. The predicted octanol–water partition coefficient (Wildman–Crippen LogP) is 1.95. The second kappa shape index (κ2) is 3.56. The summed E-state index contributed by atoms with van der Waals surface area (Å²) in [6.45, 7) is 3.31. The van der Waals surface area contributed by atoms with E-state index in [1.165, 1.54) is 25.1 Å². The van der Waals surface area contributed by atoms with Crippen molar-refractivity contribution in [3.8, 4) is 0 Å². The topological polar surface area (TPSA) is 37.4 Å². The van der Waals surface area contributed by atoms with Gasteiger partial charge in [0.2, 0.25) is 0 Å². The fourth-order valence-corrected chi connectivity index (χ4v) is 1.61. The van der Waals surface area contributed by atoms with Crippen LogP contribution in [0.25, 0.3) is 0 Å². The quantitative estimate of drug-likeness (QED) is 0.677. The van der Waals surface area contributed by atoms with E-state index < -0.39 is 17.6 Å². The lowest BCUT2D eigenvalue weighted by molar-refractivity contribution is -0.120. The number of rotatable bonds is 1. The zero-order valence-electron chi connectivity index (χ0n) is 8.95. The Morgan fingerprint density at radius 3 is 2.44 bits per heavy atom. The molecule has 0 saturated carbocycles. The lowest BCUT2D eigenvalue weighted by Crippen LogP contribution is -2.31. The Kier molecular flexibility index (Phi) is 2.34. The number of aryl methyl sites for hydroxylation is 1. The van der Waals surface area contributed by atoms with Gasteiger partial charge < -0.3 is 0 Å². The van der Waals surface area contributed by atoms with Crippen molar-refractivity contribution in [2.24, 2.45) is 0 Å². The standard InChI is InChI=1S/C12H10FNO2/c1-7-3-4-9(13)10(5-7)14-11(15)6-8(2)12(14)16/h3-6H,1-2H3. The molecule has 0 unspecified atom stereocenters. The van der Waals surface area contributed by atoms with Crippen LogP contribution in [0.15, 0.2) is 29.8 Å². The molecule has 1 aromatic rings. The third kappa shape index (κ3) is 1.52. The SMILES string of the molecule is CC1=CC(=O)N(c2cc(C)ccc2F)C1=O. The molecule has 4 heteroatoms. The highest BCUT2D eigenvalue weighted by Crippen LogP contribution is 2.26. The average molecular weight is 219 g/mol. The molecule has 1 aliphatic rings. The van der Waals surface area contributed by atoms with E-state index >= 15 is 0 Å². The van der Waals surface area contributed by atoms with Gasteiger partial charge in [-0.05, 0) is 31.5 Å². The van der Waals surface area contributed by atoms with Gasteiger partial charge in [0, 0.05) is 11.6 Å². The Labute approximate surface area is 92.2 Å². The molecule has 0 spiro atoms. The van der Waals surface area contributed by atoms with E-state index in [0.29, 0.717) is 5.57 Å². The van der Waals surface area contributed by atoms with E-state index in [9.17, 15) is 14.0 Å². The zero-order valence-corrected chi connectivity index (χ0v) is 8.95. The molecule has 1 heterocycles. The minimum Gasteiger partial charge on any atom is -0.269 e. The van der Waals surface area contributed by atoms with Crippen molar-refractivity contribution >= 4 is 17.5 Å². The number of anilines is 1. The number of imide groups is 1. The van der Waals surface area contributed by atoms with Crippen LogP contribution in [-0.2, 0) is 9.59 Å². The first-order valence-corrected chi connectivity index (χ1v) is 4.83. The second-order valence-corrected chi connectivity index (χ2v) is 3.76. The largest absolute Gasteiger partial charge is 0.269 e. The highest BCUT2D eigenvalue weighted by molar-refractivity contribution is 6.30. The van der Waals surface area contributed by atoms with Crippen molar-refractivity contribution in [2.75, 3.05) is 4.90 Å². The molecule has 0 bridgehead atoms. The maximum atomic E-state index is 13.5. The van der Waals surface area contributed by atoms with Crippen LogP contribution in [0.2, 0.25) is 0 Å². The molecule has 1 aromatic carbocycles. The number of hydrogen-bond acceptors (Lipinski definition) is 2. The first kappa shape index (κ1) is 10.5. The van der Waals surface area contributed by atoms with Crippen LogP contribution < -0.4 is 4.90 Å². The van der Waals surface area contributed by atoms with Gasteiger partial charge in [-0.15, -0.1) is 0 Å². The van der Waals surface area contributed by atoms with Gasteiger partial charge in [-0.1, -0.05) is 6.07 Å². The number of halogens is 1. The maximum Gasteiger partial charge on any atom is 0.261 e. The number of carbonyl (C=O) groups excluding carboxylic acids is 2. The van der Waals surface area contributed by atoms with E-state index in [4.69, 9.17) is 0 Å². The summed E-state index contributed by atoms with van der Waals surface area (Å²) in [6, 6.07) is 4.32. The monoisotopic (exact) mass is 219 g/mol. The molecular formula is C12H10FNO2. The van der Waals surface area contributed by atoms with Crippen LogP contribution in [0.1, 0.15) is 12.5 Å². The molecule has 1 aliphatic heterocycles. The molecule has 0 radical (unpaired) electrons. The number of hydrogen-bond donors (Lipinski definition) is 0. The summed E-state index contributed by atoms with van der Waals surface area (Å²) >= 11 is 0. The van der Waals surface area contributed by atoms with Gasteiger partial charge in [-0.2, -0.15) is 0 Å². The highest BCUT2D eigenvalue weighted by Gasteiger charge is 2.31. The summed E-state index contributed by atoms with van der Waals surface area (Å²) in [6.07, 6.45) is 1.21. The summed E-state index contributed by atoms with van der Waals surface area (Å²) in [4.78, 5) is 24.0. The van der Waals surface area contributed by atoms with Gasteiger partial charge in [0.15, 0.2) is 0 Å². The van der Waals surface area contributed by atoms with E-state index in [2.05, 4.69) is 0 Å². The molecule has 3 nitrogen and oxygen atoms in total. The normalized spacial score (nSPS) is 15.7. The second-order valence-electron chi connectivity index (χ2n) is 3.76. The molecular weight excluding hydrogens is 209 g/mol. The molecule has 2 amide bonds. The van der Waals surface area contributed by atoms with E-state index in [1.807, 2.05) is 0 Å². The number of benzene rings is 1. The lowest BCUT2D eigenvalue weighted by atomic mass is 10.2. The molecule has 0 aliphatic carbocycles. The Balaban J connectivity index is 2.50. The number of nitrogens with zero attached hydrogens (tertiary/aromatic N) is 1. The summed E-state index contributed by atoms with van der Waals surface area (Å²) in [5.41, 5.74) is 1.13. The van der Waals surface area contributed by atoms with E-state index in [0.717, 1.165) is 10.5 Å². The fraction of sp³-hybridized carbons (Fsp3) is 0.167. The van der Waals surface area contributed by atoms with Gasteiger partial charge in [-0.25, -0.2) is 9.29 Å². The molecule has 0 aromatic heterocycles. The van der Waals surface area contributed by atoms with E-state index in [1.54, 1.807) is 13.0 Å². The highest BCUT2D eigenvalue weighted by atomic mass is 19.1. The van der Waals surface area contributed by atoms with Crippen molar-refractivity contribution in [1.82, 2.24) is 0 Å². The summed E-state index contributed by atoms with van der Waals surface area (Å²) in [5.74, 6) is -1.53. The van der Waals surface area contributed by atoms with Gasteiger partial charge in [-0.3, -0.25) is 9.59 Å². The summed E-state index contributed by atoms with van der Waals surface area (Å²) < 4.78 is 13.5. The van der Waals surface area contributed by atoms with Crippen molar-refractivity contribution in [1.29, 1.82) is 0 Å². The Morgan fingerprint density at radius 1 is 1.19 bits per heavy atom. The van der Waals surface area contributed by atoms with Crippen LogP contribution in [0.5, 0.6) is 0 Å². The fourth-order valence-electron chi connectivity index (χ4n) is 1.61. The first-order chi connectivity index (χ1) is 7.50. The predicted molar refractivity (Wildman–Crippen MR) is 57.4 cm³/mol. The first-order valence-electron chi connectivity index (χ1n) is 4.83. The third-order valence-corrected chi connectivity index (χ3v) is 2.44. The van der Waals surface area contributed by atoms with Crippen LogP contribution in [0.3, 0.4) is 0 Å². The third-order valence-electron chi connectivity index (χ3n) is 2.44. The minimum atomic E-state index is -0.574. The zero-order chi connectivity index (χ0) is 11.9. The van der Waals surface area contributed by atoms with Crippen LogP contribution in [0.4, 0.5) is 10.1 Å². The summed E-state index contributed by atoms with van der Waals surface area (Å²) in [7, 11) is 0. The maximum absolute atomic E-state index is 13.5. The Hall–Kier alpha value is -1.97. The molecule has 2 rings (SSSR count). The van der Waals surface area contributed by atoms with Crippen LogP contribution >= 0.6 is 0 Å². The van der Waals surface area contributed by atoms with Gasteiger partial charge in [0.1, 0.15) is 5.82 Å². The van der Waals surface area contributed by atoms with Gasteiger partial charge in [0.05, 0.1) is 5.69 Å². The van der Waals surface area contributed by atoms with Crippen molar-refractivity contribution in [2.45, 2.75) is 13.8 Å². The molecule has 0 atom stereocenters. The van der Waals surface area contributed by atoms with Crippen molar-refractivity contribution < 1.29 is 14.0 Å². The van der Waals surface area contributed by atoms with Crippen LogP contribution in [0, 0.1) is 12.7 Å².